The van der Waals surface area contributed by atoms with E-state index in [1.54, 1.807) is 19.2 Å². The molecule has 4 rings (SSSR count). The largest absolute Gasteiger partial charge is 0.496 e. The molecule has 0 aliphatic heterocycles. The summed E-state index contributed by atoms with van der Waals surface area (Å²) in [4.78, 5) is 23.9. The average molecular weight is 338 g/mol. The lowest BCUT2D eigenvalue weighted by Crippen LogP contribution is -2.23. The Morgan fingerprint density at radius 3 is 2.96 bits per heavy atom. The molecule has 1 fully saturated rings. The van der Waals surface area contributed by atoms with Crippen molar-refractivity contribution in [3.8, 4) is 5.75 Å². The molecule has 25 heavy (non-hydrogen) atoms. The molecule has 1 aliphatic carbocycles. The molecule has 3 aromatic rings. The van der Waals surface area contributed by atoms with Gasteiger partial charge in [0.1, 0.15) is 5.75 Å². The molecule has 1 aromatic carbocycles. The number of aromatic amines is 1. The van der Waals surface area contributed by atoms with Crippen molar-refractivity contribution in [1.82, 2.24) is 19.9 Å². The second-order valence-electron chi connectivity index (χ2n) is 6.20. The Morgan fingerprint density at radius 1 is 1.36 bits per heavy atom. The van der Waals surface area contributed by atoms with Gasteiger partial charge >= 0.3 is 5.69 Å². The average Bonchev–Trinajstić information content (AvgIpc) is 3.43. The summed E-state index contributed by atoms with van der Waals surface area (Å²) in [6.45, 7) is 0.376. The zero-order chi connectivity index (χ0) is 17.4. The number of amides is 1. The number of hydrogen-bond acceptors (Lipinski definition) is 4. The molecule has 0 bridgehead atoms. The predicted molar refractivity (Wildman–Crippen MR) is 92.0 cm³/mol. The van der Waals surface area contributed by atoms with Gasteiger partial charge in [-0.3, -0.25) is 9.20 Å². The molecule has 0 atom stereocenters. The van der Waals surface area contributed by atoms with Gasteiger partial charge in [-0.15, -0.1) is 0 Å². The minimum absolute atomic E-state index is 0.225. The topological polar surface area (TPSA) is 88.5 Å². The zero-order valence-corrected chi connectivity index (χ0v) is 13.8. The Bertz CT molecular complexity index is 1000. The van der Waals surface area contributed by atoms with Gasteiger partial charge in [0.15, 0.2) is 5.65 Å². The van der Waals surface area contributed by atoms with Gasteiger partial charge in [-0.1, -0.05) is 12.1 Å². The molecule has 1 amide bonds. The van der Waals surface area contributed by atoms with Gasteiger partial charge in [0, 0.05) is 23.9 Å². The fraction of sp³-hybridized carbons (Fsp3) is 0.278. The van der Waals surface area contributed by atoms with E-state index in [0.29, 0.717) is 23.7 Å². The number of aromatic nitrogens is 3. The summed E-state index contributed by atoms with van der Waals surface area (Å²) in [5.74, 6) is 1.18. The molecular weight excluding hydrogens is 320 g/mol. The highest BCUT2D eigenvalue weighted by molar-refractivity contribution is 5.95. The minimum Gasteiger partial charge on any atom is -0.496 e. The first-order chi connectivity index (χ1) is 12.2. The monoisotopic (exact) mass is 338 g/mol. The number of carbonyl (C=O) groups excluding carboxylic acids is 1. The third-order valence-corrected chi connectivity index (χ3v) is 4.47. The number of hydrogen-bond donors (Lipinski definition) is 2. The number of fused-ring (bicyclic) bond motifs is 1. The van der Waals surface area contributed by atoms with E-state index < -0.39 is 0 Å². The molecule has 128 valence electrons. The molecule has 2 N–H and O–H groups in total. The van der Waals surface area contributed by atoms with Crippen molar-refractivity contribution in [2.45, 2.75) is 25.3 Å². The first-order valence-corrected chi connectivity index (χ1v) is 8.17. The standard InChI is InChI=1S/C18H18N4O3/c1-25-15-5-4-12(11-2-3-11)8-14(15)10-19-17(23)13-6-7-22-16(9-13)20-21-18(22)24/h4-9,11H,2-3,10H2,1H3,(H,19,23)(H,21,24). The third-order valence-electron chi connectivity index (χ3n) is 4.47. The number of H-pyrrole nitrogens is 1. The van der Waals surface area contributed by atoms with E-state index in [9.17, 15) is 9.59 Å². The highest BCUT2D eigenvalue weighted by Crippen LogP contribution is 2.41. The molecule has 0 spiro atoms. The van der Waals surface area contributed by atoms with E-state index in [1.807, 2.05) is 6.07 Å². The van der Waals surface area contributed by atoms with Gasteiger partial charge in [0.2, 0.25) is 0 Å². The molecule has 2 heterocycles. The molecule has 0 radical (unpaired) electrons. The third kappa shape index (κ3) is 3.00. The van der Waals surface area contributed by atoms with Gasteiger partial charge in [-0.05, 0) is 42.5 Å². The summed E-state index contributed by atoms with van der Waals surface area (Å²) in [5, 5.41) is 9.12. The highest BCUT2D eigenvalue weighted by atomic mass is 16.5. The molecule has 0 unspecified atom stereocenters. The van der Waals surface area contributed by atoms with Crippen molar-refractivity contribution in [1.29, 1.82) is 0 Å². The van der Waals surface area contributed by atoms with Crippen LogP contribution in [0.5, 0.6) is 5.75 Å². The summed E-state index contributed by atoms with van der Waals surface area (Å²) in [6, 6.07) is 9.32. The lowest BCUT2D eigenvalue weighted by molar-refractivity contribution is 0.0950. The zero-order valence-electron chi connectivity index (χ0n) is 13.8. The van der Waals surface area contributed by atoms with Gasteiger partial charge < -0.3 is 10.1 Å². The normalized spacial score (nSPS) is 13.8. The number of rotatable bonds is 5. The van der Waals surface area contributed by atoms with E-state index in [4.69, 9.17) is 4.74 Å². The van der Waals surface area contributed by atoms with Crippen LogP contribution in [-0.2, 0) is 6.54 Å². The Balaban J connectivity index is 1.52. The SMILES string of the molecule is COc1ccc(C2CC2)cc1CNC(=O)c1ccn2c(=O)[nH]nc2c1. The van der Waals surface area contributed by atoms with Crippen LogP contribution in [0, 0.1) is 0 Å². The van der Waals surface area contributed by atoms with Gasteiger partial charge in [-0.2, -0.15) is 5.10 Å². The Hall–Kier alpha value is -3.09. The van der Waals surface area contributed by atoms with E-state index in [0.717, 1.165) is 11.3 Å². The molecule has 2 aromatic heterocycles. The number of nitrogens with one attached hydrogen (secondary N) is 2. The fourth-order valence-corrected chi connectivity index (χ4v) is 2.93. The van der Waals surface area contributed by atoms with Crippen molar-refractivity contribution < 1.29 is 9.53 Å². The Kier molecular flexibility index (Phi) is 3.76. The van der Waals surface area contributed by atoms with Gasteiger partial charge in [-0.25, -0.2) is 9.89 Å². The Morgan fingerprint density at radius 2 is 2.20 bits per heavy atom. The second-order valence-corrected chi connectivity index (χ2v) is 6.20. The number of methoxy groups -OCH3 is 1. The fourth-order valence-electron chi connectivity index (χ4n) is 2.93. The van der Waals surface area contributed by atoms with Crippen LogP contribution in [-0.4, -0.2) is 27.6 Å². The van der Waals surface area contributed by atoms with Crippen LogP contribution in [0.1, 0.15) is 40.2 Å². The van der Waals surface area contributed by atoms with Crippen molar-refractivity contribution in [2.24, 2.45) is 0 Å². The summed E-state index contributed by atoms with van der Waals surface area (Å²) < 4.78 is 6.74. The van der Waals surface area contributed by atoms with Crippen LogP contribution in [0.3, 0.4) is 0 Å². The lowest BCUT2D eigenvalue weighted by Gasteiger charge is -2.12. The first kappa shape index (κ1) is 15.4. The predicted octanol–water partition coefficient (Wildman–Crippen LogP) is 1.84. The van der Waals surface area contributed by atoms with Crippen LogP contribution in [0.2, 0.25) is 0 Å². The van der Waals surface area contributed by atoms with Crippen molar-refractivity contribution in [2.75, 3.05) is 7.11 Å². The van der Waals surface area contributed by atoms with Crippen molar-refractivity contribution >= 4 is 11.6 Å². The van der Waals surface area contributed by atoms with Crippen LogP contribution < -0.4 is 15.7 Å². The summed E-state index contributed by atoms with van der Waals surface area (Å²) >= 11 is 0. The van der Waals surface area contributed by atoms with Crippen molar-refractivity contribution in [3.63, 3.8) is 0 Å². The minimum atomic E-state index is -0.330. The number of benzene rings is 1. The van der Waals surface area contributed by atoms with Crippen LogP contribution in [0.15, 0.2) is 41.3 Å². The summed E-state index contributed by atoms with van der Waals surface area (Å²) in [6.07, 6.45) is 3.98. The van der Waals surface area contributed by atoms with E-state index in [2.05, 4.69) is 27.6 Å². The van der Waals surface area contributed by atoms with Gasteiger partial charge in [0.25, 0.3) is 5.91 Å². The number of ether oxygens (including phenoxy) is 1. The van der Waals surface area contributed by atoms with Crippen LogP contribution in [0.25, 0.3) is 5.65 Å². The second kappa shape index (κ2) is 6.08. The maximum absolute atomic E-state index is 12.4. The smallest absolute Gasteiger partial charge is 0.347 e. The van der Waals surface area contributed by atoms with Crippen LogP contribution in [0.4, 0.5) is 0 Å². The molecule has 1 saturated carbocycles. The molecule has 7 nitrogen and oxygen atoms in total. The molecular formula is C18H18N4O3. The molecule has 0 saturated heterocycles. The van der Waals surface area contributed by atoms with E-state index >= 15 is 0 Å². The maximum atomic E-state index is 12.4. The van der Waals surface area contributed by atoms with Crippen LogP contribution >= 0.6 is 0 Å². The van der Waals surface area contributed by atoms with E-state index in [1.165, 1.54) is 29.0 Å². The summed E-state index contributed by atoms with van der Waals surface area (Å²) in [7, 11) is 1.63. The first-order valence-electron chi connectivity index (χ1n) is 8.17. The Labute approximate surface area is 143 Å². The van der Waals surface area contributed by atoms with Crippen molar-refractivity contribution in [3.05, 3.63) is 63.7 Å². The number of nitrogens with zero attached hydrogens (tertiary/aromatic N) is 2. The van der Waals surface area contributed by atoms with Gasteiger partial charge in [0.05, 0.1) is 7.11 Å². The number of carbonyl (C=O) groups is 1. The lowest BCUT2D eigenvalue weighted by atomic mass is 10.1. The highest BCUT2D eigenvalue weighted by Gasteiger charge is 2.24. The quantitative estimate of drug-likeness (QED) is 0.743. The number of pyridine rings is 1. The summed E-state index contributed by atoms with van der Waals surface area (Å²) in [5.41, 5.74) is 2.78. The molecule has 7 heteroatoms. The van der Waals surface area contributed by atoms with E-state index in [-0.39, 0.29) is 11.6 Å². The maximum Gasteiger partial charge on any atom is 0.347 e. The molecule has 1 aliphatic rings.